The number of para-hydroxylation sites is 1. The first-order chi connectivity index (χ1) is 11.4. The van der Waals surface area contributed by atoms with Crippen molar-refractivity contribution in [2.45, 2.75) is 6.04 Å². The van der Waals surface area contributed by atoms with Crippen molar-refractivity contribution in [1.29, 1.82) is 0 Å². The van der Waals surface area contributed by atoms with Crippen molar-refractivity contribution in [3.8, 4) is 0 Å². The highest BCUT2D eigenvalue weighted by molar-refractivity contribution is 7.12. The largest absolute Gasteiger partial charge is 0.364 e. The molecule has 23 heavy (non-hydrogen) atoms. The second-order valence-electron chi connectivity index (χ2n) is 6.08. The van der Waals surface area contributed by atoms with E-state index in [1.54, 1.807) is 11.3 Å². The average Bonchev–Trinajstić information content (AvgIpc) is 3.05. The van der Waals surface area contributed by atoms with Gasteiger partial charge in [0, 0.05) is 37.4 Å². The molecule has 1 aromatic heterocycles. The molecule has 3 nitrogen and oxygen atoms in total. The molecule has 0 radical (unpaired) electrons. The van der Waals surface area contributed by atoms with Crippen LogP contribution >= 0.6 is 11.3 Å². The number of benzene rings is 1. The Kier molecular flexibility index (Phi) is 4.02. The minimum absolute atomic E-state index is 0.447. The summed E-state index contributed by atoms with van der Waals surface area (Å²) in [6, 6.07) is 13.5. The fourth-order valence-electron chi connectivity index (χ4n) is 3.57. The SMILES string of the molecule is C=CCN1CCN2c3ccccc3C(c3cccs3)=NCC2C1. The van der Waals surface area contributed by atoms with E-state index in [2.05, 4.69) is 58.2 Å². The molecule has 1 unspecified atom stereocenters. The molecule has 2 aliphatic heterocycles. The van der Waals surface area contributed by atoms with Gasteiger partial charge in [0.15, 0.2) is 0 Å². The lowest BCUT2D eigenvalue weighted by molar-refractivity contribution is 0.246. The second kappa shape index (κ2) is 6.30. The van der Waals surface area contributed by atoms with E-state index in [-0.39, 0.29) is 0 Å². The van der Waals surface area contributed by atoms with Gasteiger partial charge in [-0.25, -0.2) is 0 Å². The van der Waals surface area contributed by atoms with Crippen LogP contribution in [0.2, 0.25) is 0 Å². The van der Waals surface area contributed by atoms with Gasteiger partial charge in [-0.1, -0.05) is 30.3 Å². The third kappa shape index (κ3) is 2.73. The topological polar surface area (TPSA) is 18.8 Å². The van der Waals surface area contributed by atoms with Crippen LogP contribution in [-0.4, -0.2) is 49.4 Å². The van der Waals surface area contributed by atoms with Crippen molar-refractivity contribution in [3.63, 3.8) is 0 Å². The first-order valence-corrected chi connectivity index (χ1v) is 9.02. The van der Waals surface area contributed by atoms with Crippen molar-refractivity contribution in [3.05, 3.63) is 64.9 Å². The Hall–Kier alpha value is -1.91. The molecule has 1 fully saturated rings. The van der Waals surface area contributed by atoms with Crippen LogP contribution in [0.25, 0.3) is 0 Å². The van der Waals surface area contributed by atoms with Crippen molar-refractivity contribution in [2.75, 3.05) is 37.6 Å². The molecule has 3 heterocycles. The van der Waals surface area contributed by atoms with Crippen LogP contribution in [0.1, 0.15) is 10.4 Å². The Morgan fingerprint density at radius 3 is 2.96 bits per heavy atom. The van der Waals surface area contributed by atoms with Gasteiger partial charge in [0.25, 0.3) is 0 Å². The van der Waals surface area contributed by atoms with Gasteiger partial charge < -0.3 is 4.90 Å². The number of fused-ring (bicyclic) bond motifs is 3. The second-order valence-corrected chi connectivity index (χ2v) is 7.03. The molecule has 0 saturated carbocycles. The summed E-state index contributed by atoms with van der Waals surface area (Å²) in [5.74, 6) is 0. The van der Waals surface area contributed by atoms with Crippen molar-refractivity contribution < 1.29 is 0 Å². The maximum Gasteiger partial charge on any atom is 0.0840 e. The molecule has 118 valence electrons. The first kappa shape index (κ1) is 14.7. The molecule has 0 amide bonds. The Labute approximate surface area is 141 Å². The van der Waals surface area contributed by atoms with Crippen LogP contribution in [0.3, 0.4) is 0 Å². The molecule has 4 heteroatoms. The monoisotopic (exact) mass is 323 g/mol. The van der Waals surface area contributed by atoms with Crippen LogP contribution in [0.4, 0.5) is 5.69 Å². The number of aliphatic imine (C=N–C) groups is 1. The van der Waals surface area contributed by atoms with E-state index in [4.69, 9.17) is 4.99 Å². The number of thiophene rings is 1. The minimum atomic E-state index is 0.447. The van der Waals surface area contributed by atoms with Gasteiger partial charge in [-0.05, 0) is 17.5 Å². The Morgan fingerprint density at radius 1 is 1.22 bits per heavy atom. The quantitative estimate of drug-likeness (QED) is 0.807. The molecule has 0 spiro atoms. The van der Waals surface area contributed by atoms with Crippen LogP contribution in [0, 0.1) is 0 Å². The molecule has 2 aliphatic rings. The number of hydrogen-bond donors (Lipinski definition) is 0. The van der Waals surface area contributed by atoms with Crippen LogP contribution in [0.5, 0.6) is 0 Å². The van der Waals surface area contributed by atoms with E-state index in [0.29, 0.717) is 6.04 Å². The predicted octanol–water partition coefficient (Wildman–Crippen LogP) is 3.28. The van der Waals surface area contributed by atoms with Crippen molar-refractivity contribution >= 4 is 22.7 Å². The summed E-state index contributed by atoms with van der Waals surface area (Å²) in [6.45, 7) is 8.90. The molecule has 1 atom stereocenters. The lowest BCUT2D eigenvalue weighted by atomic mass is 10.0. The predicted molar refractivity (Wildman–Crippen MR) is 99.0 cm³/mol. The molecule has 4 rings (SSSR count). The lowest BCUT2D eigenvalue weighted by Crippen LogP contribution is -2.54. The number of rotatable bonds is 3. The molecular formula is C19H21N3S. The normalized spacial score (nSPS) is 21.1. The zero-order chi connectivity index (χ0) is 15.6. The Bertz CT molecular complexity index is 720. The van der Waals surface area contributed by atoms with Crippen LogP contribution in [-0.2, 0) is 0 Å². The summed E-state index contributed by atoms with van der Waals surface area (Å²) < 4.78 is 0. The molecule has 1 aromatic carbocycles. The van der Waals surface area contributed by atoms with Gasteiger partial charge in [-0.15, -0.1) is 17.9 Å². The van der Waals surface area contributed by atoms with E-state index < -0.39 is 0 Å². The van der Waals surface area contributed by atoms with E-state index in [1.165, 1.54) is 16.1 Å². The van der Waals surface area contributed by atoms with Gasteiger partial charge in [0.1, 0.15) is 0 Å². The highest BCUT2D eigenvalue weighted by Crippen LogP contribution is 2.31. The molecule has 2 aromatic rings. The standard InChI is InChI=1S/C19H21N3S/c1-2-9-21-10-11-22-15(14-21)13-20-19(18-8-5-12-23-18)16-6-3-4-7-17(16)22/h2-8,12,15H,1,9-11,13-14H2. The summed E-state index contributed by atoms with van der Waals surface area (Å²) in [6.07, 6.45) is 2.00. The maximum atomic E-state index is 5.02. The van der Waals surface area contributed by atoms with Gasteiger partial charge >= 0.3 is 0 Å². The number of anilines is 1. The Balaban J connectivity index is 1.74. The van der Waals surface area contributed by atoms with Gasteiger partial charge in [-0.2, -0.15) is 0 Å². The van der Waals surface area contributed by atoms with Crippen molar-refractivity contribution in [1.82, 2.24) is 4.90 Å². The summed E-state index contributed by atoms with van der Waals surface area (Å²) in [5, 5.41) is 2.13. The fourth-order valence-corrected chi connectivity index (χ4v) is 4.32. The van der Waals surface area contributed by atoms with Gasteiger partial charge in [0.2, 0.25) is 0 Å². The lowest BCUT2D eigenvalue weighted by Gasteiger charge is -2.41. The molecule has 1 saturated heterocycles. The van der Waals surface area contributed by atoms with Crippen LogP contribution in [0.15, 0.2) is 59.4 Å². The first-order valence-electron chi connectivity index (χ1n) is 8.14. The number of nitrogens with zero attached hydrogens (tertiary/aromatic N) is 3. The third-order valence-corrected chi connectivity index (χ3v) is 5.51. The zero-order valence-corrected chi connectivity index (χ0v) is 14.0. The van der Waals surface area contributed by atoms with E-state index in [0.717, 1.165) is 38.4 Å². The molecular weight excluding hydrogens is 302 g/mol. The number of hydrogen-bond acceptors (Lipinski definition) is 4. The molecule has 0 N–H and O–H groups in total. The molecule has 0 bridgehead atoms. The summed E-state index contributed by atoms with van der Waals surface area (Å²) in [5.41, 5.74) is 3.76. The van der Waals surface area contributed by atoms with Gasteiger partial charge in [-0.3, -0.25) is 9.89 Å². The van der Waals surface area contributed by atoms with E-state index >= 15 is 0 Å². The smallest absolute Gasteiger partial charge is 0.0840 e. The van der Waals surface area contributed by atoms with Crippen molar-refractivity contribution in [2.24, 2.45) is 4.99 Å². The summed E-state index contributed by atoms with van der Waals surface area (Å²) in [4.78, 5) is 11.3. The minimum Gasteiger partial charge on any atom is -0.364 e. The third-order valence-electron chi connectivity index (χ3n) is 4.64. The van der Waals surface area contributed by atoms with Crippen LogP contribution < -0.4 is 4.90 Å². The van der Waals surface area contributed by atoms with E-state index in [9.17, 15) is 0 Å². The van der Waals surface area contributed by atoms with Gasteiger partial charge in [0.05, 0.1) is 23.2 Å². The number of piperazine rings is 1. The van der Waals surface area contributed by atoms with E-state index in [1.807, 2.05) is 6.08 Å². The average molecular weight is 323 g/mol. The highest BCUT2D eigenvalue weighted by Gasteiger charge is 2.31. The zero-order valence-electron chi connectivity index (χ0n) is 13.2. The Morgan fingerprint density at radius 2 is 2.13 bits per heavy atom. The fraction of sp³-hybridized carbons (Fsp3) is 0.316. The molecule has 0 aliphatic carbocycles. The summed E-state index contributed by atoms with van der Waals surface area (Å²) >= 11 is 1.77. The highest BCUT2D eigenvalue weighted by atomic mass is 32.1. The maximum absolute atomic E-state index is 5.02. The summed E-state index contributed by atoms with van der Waals surface area (Å²) in [7, 11) is 0.